The van der Waals surface area contributed by atoms with Crippen molar-refractivity contribution >= 4 is 28.2 Å². The molecule has 1 fully saturated rings. The van der Waals surface area contributed by atoms with Crippen LogP contribution in [0.2, 0.25) is 0 Å². The smallest absolute Gasteiger partial charge is 0.339 e. The molecular formula is C21H26N2O3S. The van der Waals surface area contributed by atoms with Gasteiger partial charge in [-0.25, -0.2) is 4.79 Å². The van der Waals surface area contributed by atoms with Gasteiger partial charge in [-0.15, -0.1) is 11.3 Å². The second kappa shape index (κ2) is 8.67. The van der Waals surface area contributed by atoms with Gasteiger partial charge in [0.15, 0.2) is 0 Å². The van der Waals surface area contributed by atoms with E-state index in [-0.39, 0.29) is 17.4 Å². The zero-order valence-corrected chi connectivity index (χ0v) is 16.6. The van der Waals surface area contributed by atoms with Gasteiger partial charge < -0.3 is 10.4 Å². The predicted octanol–water partition coefficient (Wildman–Crippen LogP) is 4.17. The third kappa shape index (κ3) is 4.57. The van der Waals surface area contributed by atoms with Gasteiger partial charge in [0.2, 0.25) is 5.91 Å². The minimum Gasteiger partial charge on any atom is -0.478 e. The molecule has 1 aromatic heterocycles. The number of hydrogen-bond donors (Lipinski definition) is 2. The van der Waals surface area contributed by atoms with E-state index in [1.165, 1.54) is 16.9 Å². The van der Waals surface area contributed by atoms with Crippen molar-refractivity contribution in [1.29, 1.82) is 0 Å². The SMILES string of the molecule is CCc1c(C)sc(NC(=O)C2CCN(Cc3ccccc3)CC2)c1C(=O)O. The summed E-state index contributed by atoms with van der Waals surface area (Å²) in [5.74, 6) is -1.09. The standard InChI is InChI=1S/C21H26N2O3S/c1-3-17-14(2)27-20(18(17)21(25)26)22-19(24)16-9-11-23(12-10-16)13-15-7-5-4-6-8-15/h4-8,16H,3,9-13H2,1-2H3,(H,22,24)(H,25,26). The number of piperidine rings is 1. The lowest BCUT2D eigenvalue weighted by Gasteiger charge is -2.31. The van der Waals surface area contributed by atoms with Crippen LogP contribution < -0.4 is 5.32 Å². The summed E-state index contributed by atoms with van der Waals surface area (Å²) in [4.78, 5) is 27.7. The van der Waals surface area contributed by atoms with Crippen LogP contribution >= 0.6 is 11.3 Å². The highest BCUT2D eigenvalue weighted by atomic mass is 32.1. The number of aryl methyl sites for hydroxylation is 1. The molecule has 1 aliphatic rings. The maximum Gasteiger partial charge on any atom is 0.339 e. The van der Waals surface area contributed by atoms with Gasteiger partial charge in [-0.05, 0) is 50.4 Å². The number of nitrogens with one attached hydrogen (secondary N) is 1. The lowest BCUT2D eigenvalue weighted by molar-refractivity contribution is -0.121. The van der Waals surface area contributed by atoms with Gasteiger partial charge in [0, 0.05) is 17.3 Å². The summed E-state index contributed by atoms with van der Waals surface area (Å²) in [6.45, 7) is 6.51. The zero-order valence-electron chi connectivity index (χ0n) is 15.8. The van der Waals surface area contributed by atoms with E-state index >= 15 is 0 Å². The van der Waals surface area contributed by atoms with Crippen LogP contribution in [-0.2, 0) is 17.8 Å². The summed E-state index contributed by atoms with van der Waals surface area (Å²) in [6.07, 6.45) is 2.25. The van der Waals surface area contributed by atoms with Gasteiger partial charge in [-0.2, -0.15) is 0 Å². The first-order valence-electron chi connectivity index (χ1n) is 9.42. The van der Waals surface area contributed by atoms with Crippen LogP contribution in [0.15, 0.2) is 30.3 Å². The molecule has 2 N–H and O–H groups in total. The fourth-order valence-electron chi connectivity index (χ4n) is 3.73. The Morgan fingerprint density at radius 3 is 2.48 bits per heavy atom. The lowest BCUT2D eigenvalue weighted by Crippen LogP contribution is -2.37. The summed E-state index contributed by atoms with van der Waals surface area (Å²) in [5, 5.41) is 12.9. The second-order valence-electron chi connectivity index (χ2n) is 7.02. The number of nitrogens with zero attached hydrogens (tertiary/aromatic N) is 1. The van der Waals surface area contributed by atoms with E-state index in [0.29, 0.717) is 11.4 Å². The third-order valence-electron chi connectivity index (χ3n) is 5.22. The number of carboxylic acid groups (broad SMARTS) is 1. The van der Waals surface area contributed by atoms with Crippen molar-refractivity contribution in [2.75, 3.05) is 18.4 Å². The van der Waals surface area contributed by atoms with Crippen LogP contribution in [-0.4, -0.2) is 35.0 Å². The Balaban J connectivity index is 1.59. The van der Waals surface area contributed by atoms with E-state index in [9.17, 15) is 14.7 Å². The summed E-state index contributed by atoms with van der Waals surface area (Å²) >= 11 is 1.37. The lowest BCUT2D eigenvalue weighted by atomic mass is 9.95. The van der Waals surface area contributed by atoms with E-state index in [2.05, 4.69) is 22.3 Å². The fourth-order valence-corrected chi connectivity index (χ4v) is 4.87. The molecule has 27 heavy (non-hydrogen) atoms. The minimum atomic E-state index is -0.968. The third-order valence-corrected chi connectivity index (χ3v) is 6.28. The maximum atomic E-state index is 12.7. The predicted molar refractivity (Wildman–Crippen MR) is 108 cm³/mol. The van der Waals surface area contributed by atoms with Gasteiger partial charge in [0.1, 0.15) is 5.00 Å². The number of likely N-dealkylation sites (tertiary alicyclic amines) is 1. The first-order chi connectivity index (χ1) is 13.0. The van der Waals surface area contributed by atoms with E-state index in [4.69, 9.17) is 0 Å². The molecule has 5 nitrogen and oxygen atoms in total. The van der Waals surface area contributed by atoms with E-state index in [1.54, 1.807) is 0 Å². The Labute approximate surface area is 164 Å². The molecule has 0 saturated carbocycles. The number of aromatic carboxylic acids is 1. The van der Waals surface area contributed by atoms with Crippen molar-refractivity contribution in [3.05, 3.63) is 51.9 Å². The molecule has 2 heterocycles. The highest BCUT2D eigenvalue weighted by Gasteiger charge is 2.28. The van der Waals surface area contributed by atoms with Gasteiger partial charge in [0.05, 0.1) is 5.56 Å². The molecule has 0 spiro atoms. The van der Waals surface area contributed by atoms with Gasteiger partial charge in [-0.1, -0.05) is 37.3 Å². The Hall–Kier alpha value is -2.18. The number of rotatable bonds is 6. The van der Waals surface area contributed by atoms with Crippen LogP contribution in [0, 0.1) is 12.8 Å². The number of benzene rings is 1. The molecule has 0 aliphatic carbocycles. The van der Waals surface area contributed by atoms with Crippen LogP contribution in [0.3, 0.4) is 0 Å². The number of anilines is 1. The molecule has 1 aliphatic heterocycles. The normalized spacial score (nSPS) is 15.6. The van der Waals surface area contributed by atoms with Crippen LogP contribution in [0.4, 0.5) is 5.00 Å². The molecule has 0 radical (unpaired) electrons. The van der Waals surface area contributed by atoms with Crippen molar-refractivity contribution < 1.29 is 14.7 Å². The average molecular weight is 387 g/mol. The van der Waals surface area contributed by atoms with Crippen molar-refractivity contribution in [3.63, 3.8) is 0 Å². The number of hydrogen-bond acceptors (Lipinski definition) is 4. The Morgan fingerprint density at radius 2 is 1.89 bits per heavy atom. The van der Waals surface area contributed by atoms with Crippen molar-refractivity contribution in [2.45, 2.75) is 39.7 Å². The van der Waals surface area contributed by atoms with E-state index in [0.717, 1.165) is 42.9 Å². The molecular weight excluding hydrogens is 360 g/mol. The minimum absolute atomic E-state index is 0.0548. The highest BCUT2D eigenvalue weighted by molar-refractivity contribution is 7.16. The molecule has 6 heteroatoms. The van der Waals surface area contributed by atoms with Crippen LogP contribution in [0.5, 0.6) is 0 Å². The molecule has 0 bridgehead atoms. The average Bonchev–Trinajstić information content (AvgIpc) is 2.98. The van der Waals surface area contributed by atoms with Crippen molar-refractivity contribution in [2.24, 2.45) is 5.92 Å². The largest absolute Gasteiger partial charge is 0.478 e. The van der Waals surface area contributed by atoms with Crippen LogP contribution in [0.1, 0.15) is 46.1 Å². The molecule has 2 aromatic rings. The molecule has 1 aromatic carbocycles. The summed E-state index contributed by atoms with van der Waals surface area (Å²) in [6, 6.07) is 10.3. The Kier molecular flexibility index (Phi) is 6.29. The summed E-state index contributed by atoms with van der Waals surface area (Å²) < 4.78 is 0. The van der Waals surface area contributed by atoms with E-state index < -0.39 is 5.97 Å². The molecule has 1 saturated heterocycles. The molecule has 144 valence electrons. The van der Waals surface area contributed by atoms with Gasteiger partial charge in [0.25, 0.3) is 0 Å². The number of carboxylic acids is 1. The number of carbonyl (C=O) groups is 2. The molecule has 0 unspecified atom stereocenters. The van der Waals surface area contributed by atoms with Crippen molar-refractivity contribution in [1.82, 2.24) is 4.90 Å². The summed E-state index contributed by atoms with van der Waals surface area (Å²) in [5.41, 5.74) is 2.36. The van der Waals surface area contributed by atoms with Crippen LogP contribution in [0.25, 0.3) is 0 Å². The van der Waals surface area contributed by atoms with Gasteiger partial charge in [-0.3, -0.25) is 9.69 Å². The number of carbonyl (C=O) groups excluding carboxylic acids is 1. The molecule has 3 rings (SSSR count). The maximum absolute atomic E-state index is 12.7. The second-order valence-corrected chi connectivity index (χ2v) is 8.25. The zero-order chi connectivity index (χ0) is 19.4. The highest BCUT2D eigenvalue weighted by Crippen LogP contribution is 2.34. The fraction of sp³-hybridized carbons (Fsp3) is 0.429. The number of thiophene rings is 1. The Morgan fingerprint density at radius 1 is 1.22 bits per heavy atom. The molecule has 0 atom stereocenters. The first-order valence-corrected chi connectivity index (χ1v) is 10.2. The topological polar surface area (TPSA) is 69.6 Å². The summed E-state index contributed by atoms with van der Waals surface area (Å²) in [7, 11) is 0. The van der Waals surface area contributed by atoms with Crippen molar-refractivity contribution in [3.8, 4) is 0 Å². The monoisotopic (exact) mass is 386 g/mol. The molecule has 1 amide bonds. The Bertz CT molecular complexity index is 808. The first kappa shape index (κ1) is 19.6. The number of amides is 1. The van der Waals surface area contributed by atoms with Gasteiger partial charge >= 0.3 is 5.97 Å². The quantitative estimate of drug-likeness (QED) is 0.782. The van der Waals surface area contributed by atoms with E-state index in [1.807, 2.05) is 32.0 Å².